The zero-order valence-electron chi connectivity index (χ0n) is 10.6. The zero-order valence-corrected chi connectivity index (χ0v) is 12.1. The van der Waals surface area contributed by atoms with Crippen molar-refractivity contribution in [1.82, 2.24) is 5.32 Å². The molecule has 0 spiro atoms. The molecule has 4 heteroatoms. The minimum Gasteiger partial charge on any atom is -0.488 e. The fourth-order valence-corrected chi connectivity index (χ4v) is 2.77. The van der Waals surface area contributed by atoms with Gasteiger partial charge in [-0.2, -0.15) is 0 Å². The lowest BCUT2D eigenvalue weighted by molar-refractivity contribution is 0.305. The van der Waals surface area contributed by atoms with Crippen molar-refractivity contribution in [2.45, 2.75) is 32.0 Å². The molecule has 1 heterocycles. The third-order valence-electron chi connectivity index (χ3n) is 3.17. The number of ether oxygens (including phenoxy) is 1. The molecule has 0 bridgehead atoms. The molecule has 0 unspecified atom stereocenters. The predicted octanol–water partition coefficient (Wildman–Crippen LogP) is 4.23. The fourth-order valence-electron chi connectivity index (χ4n) is 1.92. The van der Waals surface area contributed by atoms with Gasteiger partial charge in [0.15, 0.2) is 0 Å². The molecule has 1 saturated carbocycles. The van der Waals surface area contributed by atoms with Crippen LogP contribution in [0.15, 0.2) is 35.7 Å². The van der Waals surface area contributed by atoms with Gasteiger partial charge in [-0.1, -0.05) is 23.7 Å². The van der Waals surface area contributed by atoms with Gasteiger partial charge in [-0.25, -0.2) is 0 Å². The van der Waals surface area contributed by atoms with Crippen LogP contribution in [0.2, 0.25) is 5.02 Å². The molecule has 1 aromatic carbocycles. The van der Waals surface area contributed by atoms with Crippen molar-refractivity contribution in [1.29, 1.82) is 0 Å². The van der Waals surface area contributed by atoms with Gasteiger partial charge in [0.1, 0.15) is 12.4 Å². The maximum absolute atomic E-state index is 6.28. The number of hydrogen-bond acceptors (Lipinski definition) is 3. The normalized spacial score (nSPS) is 14.6. The van der Waals surface area contributed by atoms with Crippen molar-refractivity contribution in [3.05, 3.63) is 51.2 Å². The highest BCUT2D eigenvalue weighted by atomic mass is 35.5. The summed E-state index contributed by atoms with van der Waals surface area (Å²) in [5, 5.41) is 6.32. The summed E-state index contributed by atoms with van der Waals surface area (Å²) in [6.45, 7) is 1.39. The lowest BCUT2D eigenvalue weighted by atomic mass is 10.2. The summed E-state index contributed by atoms with van der Waals surface area (Å²) >= 11 is 7.98. The number of nitrogens with one attached hydrogen (secondary N) is 1. The second kappa shape index (κ2) is 5.95. The topological polar surface area (TPSA) is 21.3 Å². The van der Waals surface area contributed by atoms with Crippen molar-refractivity contribution in [3.8, 4) is 5.75 Å². The Morgan fingerprint density at radius 1 is 1.26 bits per heavy atom. The van der Waals surface area contributed by atoms with Crippen LogP contribution in [-0.2, 0) is 13.2 Å². The van der Waals surface area contributed by atoms with E-state index in [9.17, 15) is 0 Å². The highest BCUT2D eigenvalue weighted by Crippen LogP contribution is 2.29. The molecule has 100 valence electrons. The van der Waals surface area contributed by atoms with Crippen LogP contribution in [0.1, 0.15) is 23.3 Å². The summed E-state index contributed by atoms with van der Waals surface area (Å²) in [6, 6.07) is 10.6. The highest BCUT2D eigenvalue weighted by molar-refractivity contribution is 7.09. The Morgan fingerprint density at radius 2 is 2.16 bits per heavy atom. The summed E-state index contributed by atoms with van der Waals surface area (Å²) in [4.78, 5) is 1.22. The lowest BCUT2D eigenvalue weighted by Crippen LogP contribution is -2.16. The SMILES string of the molecule is Clc1cccc(OCc2cccs2)c1CNC1CC1. The minimum absolute atomic E-state index is 0.606. The molecule has 1 aliphatic carbocycles. The van der Waals surface area contributed by atoms with E-state index in [0.29, 0.717) is 12.6 Å². The van der Waals surface area contributed by atoms with Crippen LogP contribution in [0, 0.1) is 0 Å². The smallest absolute Gasteiger partial charge is 0.125 e. The van der Waals surface area contributed by atoms with Crippen LogP contribution in [0.4, 0.5) is 0 Å². The van der Waals surface area contributed by atoms with Crippen molar-refractivity contribution in [3.63, 3.8) is 0 Å². The van der Waals surface area contributed by atoms with Gasteiger partial charge in [-0.05, 0) is 36.4 Å². The van der Waals surface area contributed by atoms with Gasteiger partial charge in [-0.3, -0.25) is 0 Å². The molecule has 2 nitrogen and oxygen atoms in total. The van der Waals surface area contributed by atoms with Crippen LogP contribution < -0.4 is 10.1 Å². The average molecular weight is 294 g/mol. The molecule has 1 aliphatic rings. The monoisotopic (exact) mass is 293 g/mol. The van der Waals surface area contributed by atoms with Gasteiger partial charge in [0, 0.05) is 28.0 Å². The third-order valence-corrected chi connectivity index (χ3v) is 4.37. The van der Waals surface area contributed by atoms with E-state index < -0.39 is 0 Å². The molecule has 3 rings (SSSR count). The first-order valence-electron chi connectivity index (χ1n) is 6.49. The Balaban J connectivity index is 1.69. The van der Waals surface area contributed by atoms with Crippen LogP contribution in [0.3, 0.4) is 0 Å². The van der Waals surface area contributed by atoms with E-state index in [1.54, 1.807) is 11.3 Å². The highest BCUT2D eigenvalue weighted by Gasteiger charge is 2.21. The molecule has 1 aromatic heterocycles. The van der Waals surface area contributed by atoms with E-state index in [0.717, 1.165) is 22.9 Å². The second-order valence-corrected chi connectivity index (χ2v) is 6.18. The molecule has 19 heavy (non-hydrogen) atoms. The van der Waals surface area contributed by atoms with E-state index >= 15 is 0 Å². The molecule has 0 amide bonds. The minimum atomic E-state index is 0.606. The largest absolute Gasteiger partial charge is 0.488 e. The molecular weight excluding hydrogens is 278 g/mol. The van der Waals surface area contributed by atoms with E-state index in [2.05, 4.69) is 16.8 Å². The number of benzene rings is 1. The third kappa shape index (κ3) is 3.50. The van der Waals surface area contributed by atoms with Gasteiger partial charge in [0.25, 0.3) is 0 Å². The Kier molecular flexibility index (Phi) is 4.06. The average Bonchev–Trinajstić information content (AvgIpc) is 3.09. The number of thiophene rings is 1. The quantitative estimate of drug-likeness (QED) is 0.860. The van der Waals surface area contributed by atoms with E-state index in [4.69, 9.17) is 16.3 Å². The Labute approximate surface area is 122 Å². The summed E-state index contributed by atoms with van der Waals surface area (Å²) in [5.74, 6) is 0.883. The molecule has 1 N–H and O–H groups in total. The van der Waals surface area contributed by atoms with Crippen LogP contribution in [0.25, 0.3) is 0 Å². The van der Waals surface area contributed by atoms with Crippen LogP contribution >= 0.6 is 22.9 Å². The standard InChI is InChI=1S/C15H16ClNOS/c16-14-4-1-5-15(13(14)9-17-11-6-7-11)18-10-12-3-2-8-19-12/h1-5,8,11,17H,6-7,9-10H2. The Morgan fingerprint density at radius 3 is 2.89 bits per heavy atom. The maximum Gasteiger partial charge on any atom is 0.125 e. The maximum atomic E-state index is 6.28. The second-order valence-electron chi connectivity index (χ2n) is 4.74. The molecule has 0 atom stereocenters. The molecule has 1 fully saturated rings. The van der Waals surface area contributed by atoms with Gasteiger partial charge < -0.3 is 10.1 Å². The summed E-state index contributed by atoms with van der Waals surface area (Å²) in [5.41, 5.74) is 1.06. The molecular formula is C15H16ClNOS. The molecule has 2 aromatic rings. The first-order chi connectivity index (χ1) is 9.33. The number of halogens is 1. The Hall–Kier alpha value is -1.03. The van der Waals surface area contributed by atoms with E-state index in [-0.39, 0.29) is 0 Å². The van der Waals surface area contributed by atoms with Gasteiger partial charge in [0.05, 0.1) is 0 Å². The summed E-state index contributed by atoms with van der Waals surface area (Å²) < 4.78 is 5.90. The van der Waals surface area contributed by atoms with Gasteiger partial charge in [-0.15, -0.1) is 11.3 Å². The number of hydrogen-bond donors (Lipinski definition) is 1. The van der Waals surface area contributed by atoms with Crippen molar-refractivity contribution in [2.24, 2.45) is 0 Å². The van der Waals surface area contributed by atoms with Gasteiger partial charge >= 0.3 is 0 Å². The predicted molar refractivity (Wildman–Crippen MR) is 80.0 cm³/mol. The van der Waals surface area contributed by atoms with E-state index in [1.165, 1.54) is 17.7 Å². The van der Waals surface area contributed by atoms with Crippen molar-refractivity contribution >= 4 is 22.9 Å². The van der Waals surface area contributed by atoms with Crippen molar-refractivity contribution in [2.75, 3.05) is 0 Å². The summed E-state index contributed by atoms with van der Waals surface area (Å²) in [6.07, 6.45) is 2.55. The van der Waals surface area contributed by atoms with Crippen molar-refractivity contribution < 1.29 is 4.74 Å². The fraction of sp³-hybridized carbons (Fsp3) is 0.333. The first kappa shape index (κ1) is 13.0. The first-order valence-corrected chi connectivity index (χ1v) is 7.74. The Bertz CT molecular complexity index is 537. The molecule has 0 saturated heterocycles. The zero-order chi connectivity index (χ0) is 13.1. The number of rotatable bonds is 6. The molecule has 0 aliphatic heterocycles. The van der Waals surface area contributed by atoms with Crippen LogP contribution in [0.5, 0.6) is 5.75 Å². The van der Waals surface area contributed by atoms with Crippen LogP contribution in [-0.4, -0.2) is 6.04 Å². The molecule has 0 radical (unpaired) electrons. The van der Waals surface area contributed by atoms with E-state index in [1.807, 2.05) is 24.3 Å². The summed E-state index contributed by atoms with van der Waals surface area (Å²) in [7, 11) is 0. The van der Waals surface area contributed by atoms with Gasteiger partial charge in [0.2, 0.25) is 0 Å². The lowest BCUT2D eigenvalue weighted by Gasteiger charge is -2.13.